The number of methoxy groups -OCH3 is 2. The molecule has 1 aliphatic carbocycles. The Kier molecular flexibility index (Phi) is 7.85. The van der Waals surface area contributed by atoms with Crippen LogP contribution < -0.4 is 14.8 Å². The van der Waals surface area contributed by atoms with Gasteiger partial charge in [-0.3, -0.25) is 0 Å². The average Bonchev–Trinajstić information content (AvgIpc) is 3.67. The monoisotopic (exact) mass is 505 g/mol. The maximum absolute atomic E-state index is 15.3. The molecule has 1 atom stereocenters. The zero-order valence-electron chi connectivity index (χ0n) is 20.7. The predicted molar refractivity (Wildman–Crippen MR) is 130 cm³/mol. The van der Waals surface area contributed by atoms with E-state index in [0.717, 1.165) is 18.9 Å². The quantitative estimate of drug-likeness (QED) is 0.323. The van der Waals surface area contributed by atoms with E-state index in [1.165, 1.54) is 19.2 Å². The highest BCUT2D eigenvalue weighted by molar-refractivity contribution is 5.92. The molecular formula is C26H30F3N3O4. The minimum Gasteiger partial charge on any atom is -0.493 e. The van der Waals surface area contributed by atoms with Gasteiger partial charge < -0.3 is 24.3 Å². The largest absolute Gasteiger partial charge is 0.493 e. The fourth-order valence-electron chi connectivity index (χ4n) is 3.85. The number of halogens is 3. The van der Waals surface area contributed by atoms with E-state index in [1.54, 1.807) is 33.1 Å². The van der Waals surface area contributed by atoms with Gasteiger partial charge in [0.25, 0.3) is 5.92 Å². The Balaban J connectivity index is 1.64. The fourth-order valence-corrected chi connectivity index (χ4v) is 3.85. The Morgan fingerprint density at radius 2 is 1.89 bits per heavy atom. The van der Waals surface area contributed by atoms with Crippen LogP contribution in [-0.4, -0.2) is 50.1 Å². The van der Waals surface area contributed by atoms with Crippen LogP contribution in [0.25, 0.3) is 10.9 Å². The zero-order chi connectivity index (χ0) is 25.9. The van der Waals surface area contributed by atoms with Crippen molar-refractivity contribution in [3.8, 4) is 11.5 Å². The molecule has 0 unspecified atom stereocenters. The van der Waals surface area contributed by atoms with Crippen molar-refractivity contribution in [2.24, 2.45) is 0 Å². The summed E-state index contributed by atoms with van der Waals surface area (Å²) in [5, 5.41) is 3.78. The second-order valence-electron chi connectivity index (χ2n) is 8.77. The molecule has 1 N–H and O–H groups in total. The van der Waals surface area contributed by atoms with E-state index in [0.29, 0.717) is 47.3 Å². The predicted octanol–water partition coefficient (Wildman–Crippen LogP) is 5.56. The molecule has 0 bridgehead atoms. The first-order valence-corrected chi connectivity index (χ1v) is 11.8. The lowest BCUT2D eigenvalue weighted by Crippen LogP contribution is -2.24. The summed E-state index contributed by atoms with van der Waals surface area (Å²) in [5.41, 5.74) is -0.00388. The first-order chi connectivity index (χ1) is 17.2. The Bertz CT molecular complexity index is 1220. The second kappa shape index (κ2) is 10.9. The topological polar surface area (TPSA) is 74.7 Å². The maximum atomic E-state index is 15.3. The molecule has 2 aromatic carbocycles. The number of hydrogen-bond donors (Lipinski definition) is 1. The normalized spacial score (nSPS) is 14.6. The molecule has 36 heavy (non-hydrogen) atoms. The maximum Gasteiger partial charge on any atom is 0.298 e. The highest BCUT2D eigenvalue weighted by Crippen LogP contribution is 2.38. The zero-order valence-corrected chi connectivity index (χ0v) is 20.7. The third kappa shape index (κ3) is 5.82. The van der Waals surface area contributed by atoms with Crippen molar-refractivity contribution in [1.82, 2.24) is 9.97 Å². The van der Waals surface area contributed by atoms with Crippen molar-refractivity contribution < 1.29 is 32.1 Å². The van der Waals surface area contributed by atoms with Crippen LogP contribution in [0.3, 0.4) is 0 Å². The van der Waals surface area contributed by atoms with Crippen LogP contribution in [0.2, 0.25) is 0 Å². The summed E-state index contributed by atoms with van der Waals surface area (Å²) in [6.07, 6.45) is 1.37. The van der Waals surface area contributed by atoms with E-state index in [9.17, 15) is 8.78 Å². The molecule has 10 heteroatoms. The molecule has 3 aromatic rings. The Hall–Kier alpha value is -3.11. The number of nitrogens with one attached hydrogen (secondary N) is 1. The third-order valence-corrected chi connectivity index (χ3v) is 5.91. The number of benzene rings is 2. The van der Waals surface area contributed by atoms with Crippen LogP contribution in [0, 0.1) is 12.7 Å². The van der Waals surface area contributed by atoms with Gasteiger partial charge in [0.15, 0.2) is 11.5 Å². The fraction of sp³-hybridized carbons (Fsp3) is 0.462. The molecule has 1 fully saturated rings. The molecule has 0 radical (unpaired) electrons. The van der Waals surface area contributed by atoms with E-state index < -0.39 is 30.0 Å². The van der Waals surface area contributed by atoms with Crippen molar-refractivity contribution in [2.75, 3.05) is 39.4 Å². The lowest BCUT2D eigenvalue weighted by molar-refractivity contribution is -0.0895. The molecule has 1 saturated carbocycles. The molecule has 0 aliphatic heterocycles. The van der Waals surface area contributed by atoms with Gasteiger partial charge in [0, 0.05) is 24.1 Å². The summed E-state index contributed by atoms with van der Waals surface area (Å²) in [7, 11) is 3.10. The number of ether oxygens (including phenoxy) is 4. The average molecular weight is 506 g/mol. The van der Waals surface area contributed by atoms with Gasteiger partial charge in [-0.25, -0.2) is 14.4 Å². The molecular weight excluding hydrogens is 475 g/mol. The second-order valence-corrected chi connectivity index (χ2v) is 8.77. The van der Waals surface area contributed by atoms with Crippen molar-refractivity contribution in [2.45, 2.75) is 44.8 Å². The van der Waals surface area contributed by atoms with Crippen molar-refractivity contribution in [3.05, 3.63) is 53.1 Å². The van der Waals surface area contributed by atoms with E-state index >= 15 is 4.39 Å². The lowest BCUT2D eigenvalue weighted by atomic mass is 10.00. The number of aryl methyl sites for hydroxylation is 1. The number of fused-ring (bicyclic) bond motifs is 1. The van der Waals surface area contributed by atoms with Crippen LogP contribution >= 0.6 is 0 Å². The van der Waals surface area contributed by atoms with E-state index in [2.05, 4.69) is 15.3 Å². The first kappa shape index (κ1) is 26.0. The van der Waals surface area contributed by atoms with Gasteiger partial charge in [-0.1, -0.05) is 12.1 Å². The minimum absolute atomic E-state index is 0.0908. The van der Waals surface area contributed by atoms with Gasteiger partial charge in [-0.15, -0.1) is 0 Å². The number of hydrogen-bond acceptors (Lipinski definition) is 7. The lowest BCUT2D eigenvalue weighted by Gasteiger charge is -2.22. The number of anilines is 1. The number of nitrogens with zero attached hydrogens (tertiary/aromatic N) is 2. The molecule has 0 spiro atoms. The summed E-state index contributed by atoms with van der Waals surface area (Å²) in [6.45, 7) is 3.26. The Labute approximate surface area is 207 Å². The summed E-state index contributed by atoms with van der Waals surface area (Å²) < 4.78 is 66.2. The van der Waals surface area contributed by atoms with Crippen molar-refractivity contribution in [1.29, 1.82) is 0 Å². The summed E-state index contributed by atoms with van der Waals surface area (Å²) in [4.78, 5) is 8.95. The minimum atomic E-state index is -3.44. The number of aromatic nitrogens is 2. The standard InChI is InChI=1S/C26H30F3N3O4/c1-15(18-6-5-7-20(24(18)27)26(28,29)14-36-17-8-9-17)30-25-19-12-23(35-11-10-33-3)22(34-4)13-21(19)31-16(2)32-25/h5-7,12-13,15,17H,8-11,14H2,1-4H3,(H,30,31,32)/t15-/m1/s1. The Morgan fingerprint density at radius 1 is 1.11 bits per heavy atom. The molecule has 0 saturated heterocycles. The van der Waals surface area contributed by atoms with Gasteiger partial charge in [-0.05, 0) is 38.8 Å². The molecule has 194 valence electrons. The molecule has 7 nitrogen and oxygen atoms in total. The van der Waals surface area contributed by atoms with Crippen molar-refractivity contribution >= 4 is 16.7 Å². The summed E-state index contributed by atoms with van der Waals surface area (Å²) >= 11 is 0. The van der Waals surface area contributed by atoms with E-state index in [-0.39, 0.29) is 11.7 Å². The van der Waals surface area contributed by atoms with Gasteiger partial charge in [0.05, 0.1) is 36.9 Å². The van der Waals surface area contributed by atoms with E-state index in [1.807, 2.05) is 0 Å². The molecule has 4 rings (SSSR count). The number of alkyl halides is 2. The van der Waals surface area contributed by atoms with Crippen LogP contribution in [0.1, 0.15) is 42.8 Å². The van der Waals surface area contributed by atoms with Gasteiger partial charge >= 0.3 is 0 Å². The SMILES string of the molecule is COCCOc1cc2c(N[C@H](C)c3cccc(C(F)(F)COC4CC4)c3F)nc(C)nc2cc1OC. The number of rotatable bonds is 12. The Morgan fingerprint density at radius 3 is 2.58 bits per heavy atom. The molecule has 1 heterocycles. The van der Waals surface area contributed by atoms with Crippen molar-refractivity contribution in [3.63, 3.8) is 0 Å². The highest BCUT2D eigenvalue weighted by Gasteiger charge is 2.38. The molecule has 1 aliphatic rings. The summed E-state index contributed by atoms with van der Waals surface area (Å²) in [5.74, 6) is -2.56. The van der Waals surface area contributed by atoms with Crippen LogP contribution in [0.5, 0.6) is 11.5 Å². The summed E-state index contributed by atoms with van der Waals surface area (Å²) in [6, 6.07) is 6.78. The van der Waals surface area contributed by atoms with Gasteiger partial charge in [0.2, 0.25) is 0 Å². The molecule has 1 aromatic heterocycles. The van der Waals surface area contributed by atoms with Crippen LogP contribution in [0.4, 0.5) is 19.0 Å². The van der Waals surface area contributed by atoms with Crippen LogP contribution in [0.15, 0.2) is 30.3 Å². The third-order valence-electron chi connectivity index (χ3n) is 5.91. The van der Waals surface area contributed by atoms with Gasteiger partial charge in [0.1, 0.15) is 30.7 Å². The smallest absolute Gasteiger partial charge is 0.298 e. The molecule has 0 amide bonds. The van der Waals surface area contributed by atoms with Gasteiger partial charge in [-0.2, -0.15) is 8.78 Å². The van der Waals surface area contributed by atoms with Crippen LogP contribution in [-0.2, 0) is 15.4 Å². The van der Waals surface area contributed by atoms with E-state index in [4.69, 9.17) is 18.9 Å². The highest BCUT2D eigenvalue weighted by atomic mass is 19.3. The first-order valence-electron chi connectivity index (χ1n) is 11.8.